The highest BCUT2D eigenvalue weighted by Crippen LogP contribution is 2.36. The Labute approximate surface area is 231 Å². The van der Waals surface area contributed by atoms with Gasteiger partial charge in [0.2, 0.25) is 15.9 Å². The number of aryl methyl sites for hydroxylation is 1. The van der Waals surface area contributed by atoms with Gasteiger partial charge in [0.15, 0.2) is 5.78 Å². The van der Waals surface area contributed by atoms with Crippen molar-refractivity contribution < 1.29 is 18.0 Å². The van der Waals surface area contributed by atoms with Crippen molar-refractivity contribution in [1.82, 2.24) is 9.78 Å². The van der Waals surface area contributed by atoms with E-state index < -0.39 is 15.9 Å². The van der Waals surface area contributed by atoms with Crippen molar-refractivity contribution in [2.24, 2.45) is 10.9 Å². The number of carbonyl (C=O) groups excluding carboxylic acids is 2. The number of sulfonamides is 1. The van der Waals surface area contributed by atoms with E-state index in [1.54, 1.807) is 55.5 Å². The minimum atomic E-state index is -4.01. The maximum atomic E-state index is 13.6. The number of Topliss-reactive ketones (excluding diaryl/α,β-unsaturated/α-hetero) is 1. The fourth-order valence-corrected chi connectivity index (χ4v) is 5.45. The van der Waals surface area contributed by atoms with Gasteiger partial charge >= 0.3 is 0 Å². The lowest BCUT2D eigenvalue weighted by Crippen LogP contribution is -2.14. The summed E-state index contributed by atoms with van der Waals surface area (Å²) < 4.78 is 26.4. The quantitative estimate of drug-likeness (QED) is 0.270. The predicted molar refractivity (Wildman–Crippen MR) is 154 cm³/mol. The molecule has 8 nitrogen and oxygen atoms in total. The fourth-order valence-electron chi connectivity index (χ4n) is 4.69. The van der Waals surface area contributed by atoms with Gasteiger partial charge in [0, 0.05) is 17.5 Å². The fraction of sp³-hybridized carbons (Fsp3) is 0.0645. The van der Waals surface area contributed by atoms with Crippen molar-refractivity contribution in [3.05, 3.63) is 126 Å². The van der Waals surface area contributed by atoms with E-state index in [0.717, 1.165) is 11.1 Å². The summed E-state index contributed by atoms with van der Waals surface area (Å²) in [4.78, 5) is 25.3. The molecule has 40 heavy (non-hydrogen) atoms. The zero-order valence-corrected chi connectivity index (χ0v) is 22.4. The number of hydrogen-bond donors (Lipinski definition) is 2. The molecule has 0 fully saturated rings. The number of primary amides is 1. The third kappa shape index (κ3) is 5.47. The normalized spacial score (nSPS) is 11.3. The Morgan fingerprint density at radius 1 is 0.800 bits per heavy atom. The number of nitrogens with two attached hydrogens (primary N) is 2. The first-order valence-corrected chi connectivity index (χ1v) is 14.0. The van der Waals surface area contributed by atoms with Gasteiger partial charge in [-0.05, 0) is 59.5 Å². The Hall–Kier alpha value is -4.86. The van der Waals surface area contributed by atoms with Crippen LogP contribution in [0.1, 0.15) is 32.1 Å². The van der Waals surface area contributed by atoms with Gasteiger partial charge in [-0.25, -0.2) is 18.2 Å². The topological polar surface area (TPSA) is 138 Å². The first-order chi connectivity index (χ1) is 19.1. The van der Waals surface area contributed by atoms with Crippen LogP contribution in [0.3, 0.4) is 0 Å². The van der Waals surface area contributed by atoms with Crippen molar-refractivity contribution in [1.29, 1.82) is 0 Å². The average molecular weight is 551 g/mol. The number of ketones is 1. The molecule has 0 unspecified atom stereocenters. The zero-order valence-electron chi connectivity index (χ0n) is 21.6. The Kier molecular flexibility index (Phi) is 7.17. The SMILES string of the molecule is Cc1cc(C(=O)Cc2ccc(-c3ccccc3)c(-c3ccccc3S(N)(=O)=O)c2)n(-c2cccc(C(N)=O)c2)n1. The standard InChI is InChI=1S/C31H26N4O4S/c1-20-16-28(35(34-20)24-11-7-10-23(19-24)31(32)37)29(36)18-21-14-15-25(22-8-3-2-4-9-22)27(17-21)26-12-5-6-13-30(26)40(33,38)39/h2-17,19H,18H2,1H3,(H2,32,37)(H2,33,38,39). The van der Waals surface area contributed by atoms with Gasteiger partial charge in [-0.1, -0.05) is 72.8 Å². The van der Waals surface area contributed by atoms with Crippen LogP contribution in [0.5, 0.6) is 0 Å². The first kappa shape index (κ1) is 26.7. The first-order valence-electron chi connectivity index (χ1n) is 12.4. The molecule has 0 aliphatic carbocycles. The Morgan fingerprint density at radius 2 is 1.52 bits per heavy atom. The van der Waals surface area contributed by atoms with Gasteiger partial charge in [0.1, 0.15) is 5.69 Å². The molecular weight excluding hydrogens is 524 g/mol. The van der Waals surface area contributed by atoms with E-state index in [1.165, 1.54) is 10.7 Å². The van der Waals surface area contributed by atoms with Gasteiger partial charge in [-0.3, -0.25) is 9.59 Å². The molecule has 4 aromatic carbocycles. The number of benzene rings is 4. The van der Waals surface area contributed by atoms with E-state index in [-0.39, 0.29) is 17.1 Å². The molecule has 4 N–H and O–H groups in total. The molecule has 1 aromatic heterocycles. The summed E-state index contributed by atoms with van der Waals surface area (Å²) >= 11 is 0. The molecule has 0 radical (unpaired) electrons. The smallest absolute Gasteiger partial charge is 0.248 e. The summed E-state index contributed by atoms with van der Waals surface area (Å²) in [5.74, 6) is -0.785. The maximum Gasteiger partial charge on any atom is 0.248 e. The summed E-state index contributed by atoms with van der Waals surface area (Å²) in [6.07, 6.45) is 0.0280. The lowest BCUT2D eigenvalue weighted by molar-refractivity contribution is 0.0982. The van der Waals surface area contributed by atoms with E-state index in [9.17, 15) is 18.0 Å². The predicted octanol–water partition coefficient (Wildman–Crippen LogP) is 4.69. The number of amides is 1. The van der Waals surface area contributed by atoms with Crippen LogP contribution in [0.25, 0.3) is 27.9 Å². The molecule has 1 heterocycles. The zero-order chi connectivity index (χ0) is 28.4. The van der Waals surface area contributed by atoms with E-state index in [0.29, 0.717) is 39.3 Å². The van der Waals surface area contributed by atoms with Crippen LogP contribution in [0.2, 0.25) is 0 Å². The molecule has 9 heteroatoms. The molecule has 0 aliphatic rings. The number of nitrogens with zero attached hydrogens (tertiary/aromatic N) is 2. The highest BCUT2D eigenvalue weighted by Gasteiger charge is 2.21. The Morgan fingerprint density at radius 3 is 2.25 bits per heavy atom. The van der Waals surface area contributed by atoms with E-state index in [4.69, 9.17) is 10.9 Å². The second-order valence-electron chi connectivity index (χ2n) is 9.38. The monoisotopic (exact) mass is 550 g/mol. The van der Waals surface area contributed by atoms with Crippen LogP contribution in [0.4, 0.5) is 0 Å². The molecule has 0 saturated carbocycles. The third-order valence-electron chi connectivity index (χ3n) is 6.51. The minimum Gasteiger partial charge on any atom is -0.366 e. The number of aromatic nitrogens is 2. The number of hydrogen-bond acceptors (Lipinski definition) is 5. The molecule has 0 spiro atoms. The Balaban J connectivity index is 1.59. The second kappa shape index (κ2) is 10.7. The number of rotatable bonds is 8. The van der Waals surface area contributed by atoms with Crippen molar-refractivity contribution >= 4 is 21.7 Å². The average Bonchev–Trinajstić information content (AvgIpc) is 3.35. The highest BCUT2D eigenvalue weighted by atomic mass is 32.2. The van der Waals surface area contributed by atoms with Crippen LogP contribution < -0.4 is 10.9 Å². The van der Waals surface area contributed by atoms with Crippen LogP contribution in [0, 0.1) is 6.92 Å². The van der Waals surface area contributed by atoms with Gasteiger partial charge in [-0.2, -0.15) is 5.10 Å². The molecule has 0 bridgehead atoms. The van der Waals surface area contributed by atoms with E-state index in [2.05, 4.69) is 5.10 Å². The van der Waals surface area contributed by atoms with Crippen molar-refractivity contribution in [3.63, 3.8) is 0 Å². The van der Waals surface area contributed by atoms with Crippen molar-refractivity contribution in [2.75, 3.05) is 0 Å². The lowest BCUT2D eigenvalue weighted by Gasteiger charge is -2.15. The van der Waals surface area contributed by atoms with Crippen LogP contribution in [-0.2, 0) is 16.4 Å². The summed E-state index contributed by atoms with van der Waals surface area (Å²) in [6.45, 7) is 1.78. The molecule has 200 valence electrons. The van der Waals surface area contributed by atoms with Gasteiger partial charge in [0.25, 0.3) is 0 Å². The van der Waals surface area contributed by atoms with Crippen LogP contribution in [-0.4, -0.2) is 29.9 Å². The maximum absolute atomic E-state index is 13.6. The van der Waals surface area contributed by atoms with E-state index in [1.807, 2.05) is 48.5 Å². The van der Waals surface area contributed by atoms with E-state index >= 15 is 0 Å². The number of primary sulfonamides is 1. The minimum absolute atomic E-state index is 0.00121. The van der Waals surface area contributed by atoms with Gasteiger partial charge in [-0.15, -0.1) is 0 Å². The van der Waals surface area contributed by atoms with Crippen LogP contribution >= 0.6 is 0 Å². The molecule has 0 atom stereocenters. The molecule has 1 amide bonds. The van der Waals surface area contributed by atoms with Gasteiger partial charge < -0.3 is 5.73 Å². The summed E-state index contributed by atoms with van der Waals surface area (Å²) in [6, 6.07) is 30.0. The summed E-state index contributed by atoms with van der Waals surface area (Å²) in [5, 5.41) is 10.0. The van der Waals surface area contributed by atoms with Gasteiger partial charge in [0.05, 0.1) is 16.3 Å². The molecule has 5 rings (SSSR count). The molecule has 5 aromatic rings. The molecule has 0 saturated heterocycles. The summed E-state index contributed by atoms with van der Waals surface area (Å²) in [5.41, 5.74) is 10.7. The largest absolute Gasteiger partial charge is 0.366 e. The molecular formula is C31H26N4O4S. The summed E-state index contributed by atoms with van der Waals surface area (Å²) in [7, 11) is -4.01. The molecule has 0 aliphatic heterocycles. The Bertz CT molecular complexity index is 1860. The van der Waals surface area contributed by atoms with Crippen molar-refractivity contribution in [2.45, 2.75) is 18.2 Å². The van der Waals surface area contributed by atoms with Crippen molar-refractivity contribution in [3.8, 4) is 27.9 Å². The third-order valence-corrected chi connectivity index (χ3v) is 7.48. The highest BCUT2D eigenvalue weighted by molar-refractivity contribution is 7.89. The van der Waals surface area contributed by atoms with Crippen LogP contribution in [0.15, 0.2) is 108 Å². The number of carbonyl (C=O) groups is 2. The lowest BCUT2D eigenvalue weighted by atomic mass is 9.91. The second-order valence-corrected chi connectivity index (χ2v) is 10.9.